The number of hydrogen-bond acceptors (Lipinski definition) is 0. The predicted octanol–water partition coefficient (Wildman–Crippen LogP) is 2.78. The molecule has 0 aliphatic carbocycles. The first-order valence-corrected chi connectivity index (χ1v) is 9.55. The standard InChI is InChI=1S/C9H23PSe/c1-7(2)10(11,8(3)4)9(5)6/h7-11H,1-6H3. The van der Waals surface area contributed by atoms with Crippen LogP contribution in [0, 0.1) is 0 Å². The van der Waals surface area contributed by atoms with E-state index in [4.69, 9.17) is 0 Å². The van der Waals surface area contributed by atoms with Gasteiger partial charge in [-0.05, 0) is 0 Å². The Labute approximate surface area is 80.3 Å². The summed E-state index contributed by atoms with van der Waals surface area (Å²) in [5, 5.41) is 0. The van der Waals surface area contributed by atoms with Crippen LogP contribution in [0.5, 0.6) is 0 Å². The second-order valence-corrected chi connectivity index (χ2v) is 14.5. The molecule has 0 amide bonds. The molecule has 11 heavy (non-hydrogen) atoms. The van der Waals surface area contributed by atoms with Crippen molar-refractivity contribution < 1.29 is 0 Å². The maximum absolute atomic E-state index is 3.04. The van der Waals surface area contributed by atoms with Gasteiger partial charge in [-0.2, -0.15) is 0 Å². The monoisotopic (exact) mass is 242 g/mol. The first-order valence-electron chi connectivity index (χ1n) is 4.55. The zero-order chi connectivity index (χ0) is 9.23. The Bertz CT molecular complexity index is 97.0. The van der Waals surface area contributed by atoms with E-state index in [1.165, 1.54) is 0 Å². The number of hydrogen-bond donors (Lipinski definition) is 0. The van der Waals surface area contributed by atoms with Crippen molar-refractivity contribution in [2.24, 2.45) is 0 Å². The molecular formula is C9H23PSe. The topological polar surface area (TPSA) is 0 Å². The molecule has 0 bridgehead atoms. The third-order valence-electron chi connectivity index (χ3n) is 2.77. The summed E-state index contributed by atoms with van der Waals surface area (Å²) in [5.74, 6) is -1.04. The molecule has 0 saturated carbocycles. The van der Waals surface area contributed by atoms with Crippen molar-refractivity contribution in [3.63, 3.8) is 0 Å². The van der Waals surface area contributed by atoms with Crippen LogP contribution < -0.4 is 0 Å². The van der Waals surface area contributed by atoms with E-state index in [1.54, 1.807) is 0 Å². The van der Waals surface area contributed by atoms with Crippen LogP contribution in [0.25, 0.3) is 0 Å². The minimum absolute atomic E-state index is 0.891. The Hall–Kier alpha value is 0.949. The van der Waals surface area contributed by atoms with Gasteiger partial charge >= 0.3 is 80.0 Å². The zero-order valence-electron chi connectivity index (χ0n) is 8.68. The maximum atomic E-state index is 3.04. The van der Waals surface area contributed by atoms with Gasteiger partial charge in [0.05, 0.1) is 0 Å². The van der Waals surface area contributed by atoms with E-state index in [0.29, 0.717) is 0 Å². The van der Waals surface area contributed by atoms with Gasteiger partial charge in [-0.3, -0.25) is 0 Å². The molecule has 0 aromatic heterocycles. The molecular weight excluding hydrogens is 218 g/mol. The van der Waals surface area contributed by atoms with E-state index in [2.05, 4.69) is 57.1 Å². The van der Waals surface area contributed by atoms with Crippen LogP contribution in [0.4, 0.5) is 0 Å². The summed E-state index contributed by atoms with van der Waals surface area (Å²) in [6, 6.07) is 0. The molecule has 0 nitrogen and oxygen atoms in total. The average Bonchev–Trinajstić information content (AvgIpc) is 1.84. The molecule has 0 saturated heterocycles. The van der Waals surface area contributed by atoms with Crippen molar-refractivity contribution in [3.05, 3.63) is 0 Å². The minimum atomic E-state index is -1.04. The summed E-state index contributed by atoms with van der Waals surface area (Å²) in [6.45, 7) is 14.3. The van der Waals surface area contributed by atoms with Gasteiger partial charge < -0.3 is 0 Å². The quantitative estimate of drug-likeness (QED) is 0.526. The van der Waals surface area contributed by atoms with Crippen molar-refractivity contribution in [2.75, 3.05) is 0 Å². The fraction of sp³-hybridized carbons (Fsp3) is 1.00. The van der Waals surface area contributed by atoms with Gasteiger partial charge in [-0.25, -0.2) is 0 Å². The Kier molecular flexibility index (Phi) is 4.63. The third-order valence-corrected chi connectivity index (χ3v) is 18.1. The van der Waals surface area contributed by atoms with Gasteiger partial charge in [0.1, 0.15) is 0 Å². The van der Waals surface area contributed by atoms with Crippen molar-refractivity contribution in [1.29, 1.82) is 0 Å². The molecule has 0 radical (unpaired) electrons. The van der Waals surface area contributed by atoms with Gasteiger partial charge in [0, 0.05) is 0 Å². The van der Waals surface area contributed by atoms with E-state index in [1.807, 2.05) is 0 Å². The molecule has 0 unspecified atom stereocenters. The van der Waals surface area contributed by atoms with Crippen LogP contribution in [-0.2, 0) is 0 Å². The molecule has 0 spiro atoms. The first-order chi connectivity index (χ1) is 4.83. The Morgan fingerprint density at radius 1 is 0.727 bits per heavy atom. The summed E-state index contributed by atoms with van der Waals surface area (Å²) >= 11 is 3.04. The van der Waals surface area contributed by atoms with E-state index in [9.17, 15) is 0 Å². The fourth-order valence-corrected chi connectivity index (χ4v) is 6.00. The Morgan fingerprint density at radius 3 is 0.909 bits per heavy atom. The fourth-order valence-electron chi connectivity index (χ4n) is 2.00. The van der Waals surface area contributed by atoms with Gasteiger partial charge in [0.15, 0.2) is 0 Å². The van der Waals surface area contributed by atoms with Crippen molar-refractivity contribution in [1.82, 2.24) is 0 Å². The molecule has 0 N–H and O–H groups in total. The molecule has 0 aromatic rings. The molecule has 0 heterocycles. The normalized spacial score (nSPS) is 15.1. The Balaban J connectivity index is 4.53. The van der Waals surface area contributed by atoms with Crippen LogP contribution in [0.3, 0.4) is 0 Å². The molecule has 0 atom stereocenters. The van der Waals surface area contributed by atoms with E-state index < -0.39 is 5.95 Å². The first kappa shape index (κ1) is 11.9. The van der Waals surface area contributed by atoms with Crippen LogP contribution in [0.2, 0.25) is 0 Å². The molecule has 0 aromatic carbocycles. The van der Waals surface area contributed by atoms with Gasteiger partial charge in [-0.1, -0.05) is 0 Å². The van der Waals surface area contributed by atoms with Gasteiger partial charge in [0.25, 0.3) is 0 Å². The van der Waals surface area contributed by atoms with E-state index in [0.717, 1.165) is 17.0 Å². The molecule has 0 fully saturated rings. The molecule has 0 aliphatic heterocycles. The molecule has 0 aliphatic rings. The van der Waals surface area contributed by atoms with Crippen LogP contribution in [0.15, 0.2) is 0 Å². The second-order valence-electron chi connectivity index (χ2n) is 4.35. The average molecular weight is 241 g/mol. The third kappa shape index (κ3) is 2.44. The molecule has 70 valence electrons. The van der Waals surface area contributed by atoms with E-state index >= 15 is 0 Å². The van der Waals surface area contributed by atoms with Crippen LogP contribution in [-0.4, -0.2) is 32.5 Å². The van der Waals surface area contributed by atoms with Crippen LogP contribution in [0.1, 0.15) is 41.5 Å². The summed E-state index contributed by atoms with van der Waals surface area (Å²) in [7, 11) is 0. The van der Waals surface area contributed by atoms with Crippen molar-refractivity contribution >= 4 is 21.5 Å². The Morgan fingerprint density at radius 2 is 0.909 bits per heavy atom. The van der Waals surface area contributed by atoms with Crippen LogP contribution >= 0.6 is 5.95 Å². The molecule has 2 heteroatoms. The second kappa shape index (κ2) is 4.26. The summed E-state index contributed by atoms with van der Waals surface area (Å²) in [5.41, 5.74) is 2.67. The number of rotatable bonds is 3. The molecule has 0 rings (SSSR count). The van der Waals surface area contributed by atoms with Gasteiger partial charge in [0.2, 0.25) is 0 Å². The van der Waals surface area contributed by atoms with Gasteiger partial charge in [-0.15, -0.1) is 0 Å². The summed E-state index contributed by atoms with van der Waals surface area (Å²) < 4.78 is 0. The van der Waals surface area contributed by atoms with Crippen molar-refractivity contribution in [3.8, 4) is 0 Å². The van der Waals surface area contributed by atoms with E-state index in [-0.39, 0.29) is 0 Å². The summed E-state index contributed by atoms with van der Waals surface area (Å²) in [4.78, 5) is 0. The zero-order valence-corrected chi connectivity index (χ0v) is 11.6. The SMILES string of the molecule is CC(C)[PH]([SeH])(C(C)C)C(C)C. The summed E-state index contributed by atoms with van der Waals surface area (Å²) in [6.07, 6.45) is 0. The van der Waals surface area contributed by atoms with Crippen molar-refractivity contribution in [2.45, 2.75) is 58.5 Å². The predicted molar refractivity (Wildman–Crippen MR) is 60.9 cm³/mol.